The van der Waals surface area contributed by atoms with Gasteiger partial charge in [-0.25, -0.2) is 4.39 Å². The summed E-state index contributed by atoms with van der Waals surface area (Å²) in [5.74, 6) is -0.717. The van der Waals surface area contributed by atoms with E-state index in [2.05, 4.69) is 5.32 Å². The van der Waals surface area contributed by atoms with E-state index in [1.54, 1.807) is 12.1 Å². The Bertz CT molecular complexity index is 475. The van der Waals surface area contributed by atoms with Crippen LogP contribution in [0.3, 0.4) is 0 Å². The molecule has 1 aromatic rings. The van der Waals surface area contributed by atoms with Gasteiger partial charge in [-0.15, -0.1) is 0 Å². The van der Waals surface area contributed by atoms with Crippen molar-refractivity contribution >= 4 is 17.3 Å². The van der Waals surface area contributed by atoms with Gasteiger partial charge in [-0.05, 0) is 31.0 Å². The van der Waals surface area contributed by atoms with Gasteiger partial charge in [0.1, 0.15) is 11.9 Å². The Morgan fingerprint density at radius 1 is 1.50 bits per heavy atom. The second-order valence-corrected chi connectivity index (χ2v) is 4.91. The van der Waals surface area contributed by atoms with Gasteiger partial charge in [0.2, 0.25) is 5.91 Å². The zero-order valence-corrected chi connectivity index (χ0v) is 11.6. The molecule has 0 bridgehead atoms. The van der Waals surface area contributed by atoms with E-state index < -0.39 is 6.04 Å². The number of ether oxygens (including phenoxy) is 1. The molecule has 20 heavy (non-hydrogen) atoms. The van der Waals surface area contributed by atoms with Crippen LogP contribution in [0.5, 0.6) is 0 Å². The number of nitrogens with one attached hydrogen (secondary N) is 1. The fourth-order valence-electron chi connectivity index (χ4n) is 2.29. The third-order valence-corrected chi connectivity index (χ3v) is 3.34. The van der Waals surface area contributed by atoms with Crippen LogP contribution in [0.4, 0.5) is 15.8 Å². The molecule has 6 heteroatoms. The van der Waals surface area contributed by atoms with Crippen molar-refractivity contribution in [3.05, 3.63) is 24.0 Å². The summed E-state index contributed by atoms with van der Waals surface area (Å²) in [6, 6.07) is 3.94. The summed E-state index contributed by atoms with van der Waals surface area (Å²) in [6.07, 6.45) is 2.17. The number of anilines is 2. The first-order valence-corrected chi connectivity index (χ1v) is 6.71. The molecule has 1 saturated heterocycles. The van der Waals surface area contributed by atoms with Crippen molar-refractivity contribution in [2.45, 2.75) is 18.9 Å². The first-order valence-electron chi connectivity index (χ1n) is 6.71. The van der Waals surface area contributed by atoms with Crippen LogP contribution in [-0.2, 0) is 9.53 Å². The van der Waals surface area contributed by atoms with Crippen molar-refractivity contribution in [1.82, 2.24) is 0 Å². The number of nitrogens with zero attached hydrogens (tertiary/aromatic N) is 1. The van der Waals surface area contributed by atoms with Crippen molar-refractivity contribution in [3.8, 4) is 0 Å². The smallest absolute Gasteiger partial charge is 0.243 e. The lowest BCUT2D eigenvalue weighted by atomic mass is 10.2. The van der Waals surface area contributed by atoms with Crippen LogP contribution >= 0.6 is 0 Å². The van der Waals surface area contributed by atoms with Gasteiger partial charge in [0.25, 0.3) is 0 Å². The molecule has 1 amide bonds. The zero-order valence-electron chi connectivity index (χ0n) is 11.6. The van der Waals surface area contributed by atoms with E-state index in [-0.39, 0.29) is 18.3 Å². The lowest BCUT2D eigenvalue weighted by molar-refractivity contribution is -0.118. The molecular formula is C14H20FN3O2. The predicted octanol–water partition coefficient (Wildman–Crippen LogP) is 1.34. The molecule has 0 aromatic heterocycles. The minimum atomic E-state index is -0.763. The molecule has 1 aliphatic rings. The van der Waals surface area contributed by atoms with E-state index in [1.165, 1.54) is 13.2 Å². The van der Waals surface area contributed by atoms with Crippen LogP contribution in [0.2, 0.25) is 0 Å². The number of amides is 1. The van der Waals surface area contributed by atoms with E-state index in [1.807, 2.05) is 4.90 Å². The average molecular weight is 281 g/mol. The molecular weight excluding hydrogens is 261 g/mol. The molecule has 1 atom stereocenters. The number of benzene rings is 1. The van der Waals surface area contributed by atoms with Gasteiger partial charge in [0.05, 0.1) is 12.3 Å². The summed E-state index contributed by atoms with van der Waals surface area (Å²) in [6.45, 7) is 1.88. The number of methoxy groups -OCH3 is 1. The summed E-state index contributed by atoms with van der Waals surface area (Å²) in [5, 5.41) is 2.58. The minimum Gasteiger partial charge on any atom is -0.383 e. The van der Waals surface area contributed by atoms with Gasteiger partial charge in [-0.2, -0.15) is 0 Å². The minimum absolute atomic E-state index is 0.125. The molecule has 1 fully saturated rings. The van der Waals surface area contributed by atoms with Crippen LogP contribution < -0.4 is 16.0 Å². The van der Waals surface area contributed by atoms with Crippen molar-refractivity contribution in [3.63, 3.8) is 0 Å². The molecule has 1 aliphatic heterocycles. The van der Waals surface area contributed by atoms with Crippen molar-refractivity contribution in [1.29, 1.82) is 0 Å². The lowest BCUT2D eigenvalue weighted by Gasteiger charge is -2.19. The second kappa shape index (κ2) is 6.67. The topological polar surface area (TPSA) is 67.6 Å². The summed E-state index contributed by atoms with van der Waals surface area (Å²) < 4.78 is 18.9. The normalized spacial score (nSPS) is 16.2. The monoisotopic (exact) mass is 281 g/mol. The molecule has 0 radical (unpaired) electrons. The Kier molecular flexibility index (Phi) is 4.92. The molecule has 0 aliphatic carbocycles. The maximum atomic E-state index is 14.1. The van der Waals surface area contributed by atoms with Crippen molar-refractivity contribution in [2.24, 2.45) is 5.73 Å². The van der Waals surface area contributed by atoms with Crippen LogP contribution in [0.25, 0.3) is 0 Å². The van der Waals surface area contributed by atoms with Gasteiger partial charge < -0.3 is 20.7 Å². The van der Waals surface area contributed by atoms with Gasteiger partial charge in [-0.1, -0.05) is 0 Å². The molecule has 110 valence electrons. The van der Waals surface area contributed by atoms with Gasteiger partial charge in [0, 0.05) is 25.9 Å². The maximum absolute atomic E-state index is 14.1. The molecule has 1 unspecified atom stereocenters. The third kappa shape index (κ3) is 3.46. The zero-order chi connectivity index (χ0) is 14.5. The summed E-state index contributed by atoms with van der Waals surface area (Å²) >= 11 is 0. The Hall–Kier alpha value is -1.66. The van der Waals surface area contributed by atoms with Crippen LogP contribution in [-0.4, -0.2) is 38.8 Å². The standard InChI is InChI=1S/C14H20FN3O2/c1-20-9-12(16)14(19)17-10-4-5-13(11(15)8-10)18-6-2-3-7-18/h4-5,8,12H,2-3,6-7,9,16H2,1H3,(H,17,19). The molecule has 0 saturated carbocycles. The van der Waals surface area contributed by atoms with E-state index in [0.717, 1.165) is 25.9 Å². The van der Waals surface area contributed by atoms with Crippen LogP contribution in [0.1, 0.15) is 12.8 Å². The number of nitrogens with two attached hydrogens (primary N) is 1. The highest BCUT2D eigenvalue weighted by atomic mass is 19.1. The predicted molar refractivity (Wildman–Crippen MR) is 76.3 cm³/mol. The van der Waals surface area contributed by atoms with Crippen LogP contribution in [0, 0.1) is 5.82 Å². The maximum Gasteiger partial charge on any atom is 0.243 e. The van der Waals surface area contributed by atoms with E-state index >= 15 is 0 Å². The van der Waals surface area contributed by atoms with E-state index in [9.17, 15) is 9.18 Å². The number of carbonyl (C=O) groups excluding carboxylic acids is 1. The Balaban J connectivity index is 2.03. The highest BCUT2D eigenvalue weighted by molar-refractivity contribution is 5.94. The van der Waals surface area contributed by atoms with E-state index in [4.69, 9.17) is 10.5 Å². The van der Waals surface area contributed by atoms with Crippen molar-refractivity contribution < 1.29 is 13.9 Å². The molecule has 1 heterocycles. The van der Waals surface area contributed by atoms with E-state index in [0.29, 0.717) is 11.4 Å². The molecule has 3 N–H and O–H groups in total. The first-order chi connectivity index (χ1) is 9.61. The Morgan fingerprint density at radius 3 is 2.80 bits per heavy atom. The molecule has 5 nitrogen and oxygen atoms in total. The highest BCUT2D eigenvalue weighted by Gasteiger charge is 2.17. The molecule has 1 aromatic carbocycles. The fraction of sp³-hybridized carbons (Fsp3) is 0.500. The Labute approximate surface area is 117 Å². The summed E-state index contributed by atoms with van der Waals surface area (Å²) in [7, 11) is 1.47. The number of hydrogen-bond donors (Lipinski definition) is 2. The molecule has 2 rings (SSSR count). The van der Waals surface area contributed by atoms with Gasteiger partial charge in [0.15, 0.2) is 0 Å². The second-order valence-electron chi connectivity index (χ2n) is 4.91. The SMILES string of the molecule is COCC(N)C(=O)Nc1ccc(N2CCCC2)c(F)c1. The summed E-state index contributed by atoms with van der Waals surface area (Å²) in [5.41, 5.74) is 6.59. The van der Waals surface area contributed by atoms with Gasteiger partial charge >= 0.3 is 0 Å². The number of carbonyl (C=O) groups is 1. The van der Waals surface area contributed by atoms with Gasteiger partial charge in [-0.3, -0.25) is 4.79 Å². The third-order valence-electron chi connectivity index (χ3n) is 3.34. The van der Waals surface area contributed by atoms with Crippen LogP contribution in [0.15, 0.2) is 18.2 Å². The highest BCUT2D eigenvalue weighted by Crippen LogP contribution is 2.26. The summed E-state index contributed by atoms with van der Waals surface area (Å²) in [4.78, 5) is 13.7. The quantitative estimate of drug-likeness (QED) is 0.854. The average Bonchev–Trinajstić information content (AvgIpc) is 2.93. The number of hydrogen-bond acceptors (Lipinski definition) is 4. The van der Waals surface area contributed by atoms with Crippen molar-refractivity contribution in [2.75, 3.05) is 37.0 Å². The largest absolute Gasteiger partial charge is 0.383 e. The first kappa shape index (κ1) is 14.7. The fourth-order valence-corrected chi connectivity index (χ4v) is 2.29. The number of halogens is 1. The number of rotatable bonds is 5. The lowest BCUT2D eigenvalue weighted by Crippen LogP contribution is -2.39. The Morgan fingerprint density at radius 2 is 2.20 bits per heavy atom. The molecule has 0 spiro atoms.